The van der Waals surface area contributed by atoms with Crippen molar-refractivity contribution in [3.63, 3.8) is 0 Å². The van der Waals surface area contributed by atoms with E-state index in [-0.39, 0.29) is 0 Å². The van der Waals surface area contributed by atoms with Crippen molar-refractivity contribution >= 4 is 28.3 Å². The molecule has 4 nitrogen and oxygen atoms in total. The number of aromatic carboxylic acids is 1. The Balaban J connectivity index is 0.000000128. The Kier molecular flexibility index (Phi) is 3.52. The van der Waals surface area contributed by atoms with Gasteiger partial charge in [0.15, 0.2) is 0 Å². The molecule has 3 aromatic rings. The third-order valence-corrected chi connectivity index (χ3v) is 2.92. The quantitative estimate of drug-likeness (QED) is 0.693. The number of para-hydroxylation sites is 2. The zero-order chi connectivity index (χ0) is 12.1. The molecule has 0 spiro atoms. The van der Waals surface area contributed by atoms with Gasteiger partial charge >= 0.3 is 5.97 Å². The molecule has 0 aliphatic heterocycles. The van der Waals surface area contributed by atoms with Gasteiger partial charge in [-0.05, 0) is 23.6 Å². The van der Waals surface area contributed by atoms with Gasteiger partial charge in [0.2, 0.25) is 0 Å². The number of hydrogen-bond acceptors (Lipinski definition) is 3. The maximum atomic E-state index is 10.1. The van der Waals surface area contributed by atoms with Gasteiger partial charge in [-0.1, -0.05) is 18.2 Å². The molecule has 17 heavy (non-hydrogen) atoms. The van der Waals surface area contributed by atoms with Crippen molar-refractivity contribution in [1.29, 1.82) is 0 Å². The first kappa shape index (κ1) is 11.3. The number of fused-ring (bicyclic) bond motifs is 1. The highest BCUT2D eigenvalue weighted by Gasteiger charge is 1.99. The topological polar surface area (TPSA) is 66.0 Å². The number of thiophene rings is 1. The number of rotatable bonds is 1. The van der Waals surface area contributed by atoms with Crippen molar-refractivity contribution in [3.05, 3.63) is 53.0 Å². The summed E-state index contributed by atoms with van der Waals surface area (Å²) in [5, 5.41) is 10.0. The average Bonchev–Trinajstić information content (AvgIpc) is 3.01. The van der Waals surface area contributed by atoms with Crippen LogP contribution in [0.1, 0.15) is 9.67 Å². The lowest BCUT2D eigenvalue weighted by atomic mass is 10.3. The number of carbonyl (C=O) groups is 1. The summed E-state index contributed by atoms with van der Waals surface area (Å²) < 4.78 is 0. The third-order valence-electron chi connectivity index (χ3n) is 2.06. The van der Waals surface area contributed by atoms with Gasteiger partial charge in [0, 0.05) is 0 Å². The molecule has 2 N–H and O–H groups in total. The first-order chi connectivity index (χ1) is 8.27. The van der Waals surface area contributed by atoms with Crippen LogP contribution in [0.15, 0.2) is 48.1 Å². The highest BCUT2D eigenvalue weighted by atomic mass is 32.1. The normalized spacial score (nSPS) is 9.65. The molecule has 5 heteroatoms. The SMILES string of the molecule is O=C(O)c1cccs1.c1ccc2[nH]cnc2c1. The van der Waals surface area contributed by atoms with Gasteiger partial charge in [0.1, 0.15) is 4.88 Å². The number of carboxylic acid groups (broad SMARTS) is 1. The Labute approximate surface area is 102 Å². The summed E-state index contributed by atoms with van der Waals surface area (Å²) in [4.78, 5) is 17.5. The number of hydrogen-bond donors (Lipinski definition) is 2. The lowest BCUT2D eigenvalue weighted by Crippen LogP contribution is -1.89. The minimum Gasteiger partial charge on any atom is -0.477 e. The zero-order valence-electron chi connectivity index (χ0n) is 8.83. The fourth-order valence-electron chi connectivity index (χ4n) is 1.28. The predicted molar refractivity (Wildman–Crippen MR) is 67.4 cm³/mol. The molecule has 1 aromatic carbocycles. The smallest absolute Gasteiger partial charge is 0.345 e. The van der Waals surface area contributed by atoms with E-state index in [1.807, 2.05) is 24.3 Å². The van der Waals surface area contributed by atoms with Gasteiger partial charge < -0.3 is 10.1 Å². The van der Waals surface area contributed by atoms with Crippen LogP contribution < -0.4 is 0 Å². The predicted octanol–water partition coefficient (Wildman–Crippen LogP) is 3.01. The van der Waals surface area contributed by atoms with Crippen LogP contribution in [0.2, 0.25) is 0 Å². The van der Waals surface area contributed by atoms with Crippen LogP contribution in [0, 0.1) is 0 Å². The summed E-state index contributed by atoms with van der Waals surface area (Å²) in [7, 11) is 0. The Morgan fingerprint density at radius 2 is 2.06 bits per heavy atom. The van der Waals surface area contributed by atoms with Crippen molar-refractivity contribution in [2.75, 3.05) is 0 Å². The second kappa shape index (κ2) is 5.27. The van der Waals surface area contributed by atoms with E-state index in [4.69, 9.17) is 5.11 Å². The minimum atomic E-state index is -0.847. The van der Waals surface area contributed by atoms with E-state index >= 15 is 0 Å². The number of aromatic nitrogens is 2. The lowest BCUT2D eigenvalue weighted by molar-refractivity contribution is 0.0702. The molecule has 0 amide bonds. The highest BCUT2D eigenvalue weighted by molar-refractivity contribution is 7.11. The Morgan fingerprint density at radius 1 is 1.24 bits per heavy atom. The summed E-state index contributed by atoms with van der Waals surface area (Å²) in [6, 6.07) is 11.2. The standard InChI is InChI=1S/C7H6N2.C5H4O2S/c1-2-4-7-6(3-1)8-5-9-7;6-5(7)4-2-1-3-8-4/h1-5H,(H,8,9);1-3H,(H,6,7). The Morgan fingerprint density at radius 3 is 2.65 bits per heavy atom. The van der Waals surface area contributed by atoms with E-state index in [1.165, 1.54) is 11.3 Å². The fraction of sp³-hybridized carbons (Fsp3) is 0. The van der Waals surface area contributed by atoms with Crippen molar-refractivity contribution in [3.8, 4) is 0 Å². The number of H-pyrrole nitrogens is 1. The first-order valence-corrected chi connectivity index (χ1v) is 5.80. The average molecular weight is 246 g/mol. The van der Waals surface area contributed by atoms with Crippen LogP contribution >= 0.6 is 11.3 Å². The van der Waals surface area contributed by atoms with E-state index in [0.717, 1.165) is 11.0 Å². The summed E-state index contributed by atoms with van der Waals surface area (Å²) >= 11 is 1.23. The molecule has 0 saturated heterocycles. The molecule has 0 fully saturated rings. The van der Waals surface area contributed by atoms with Crippen LogP contribution in [-0.4, -0.2) is 21.0 Å². The van der Waals surface area contributed by atoms with E-state index in [2.05, 4.69) is 9.97 Å². The van der Waals surface area contributed by atoms with Crippen molar-refractivity contribution in [1.82, 2.24) is 9.97 Å². The molecule has 2 aromatic heterocycles. The maximum Gasteiger partial charge on any atom is 0.345 e. The Bertz CT molecular complexity index is 572. The minimum absolute atomic E-state index is 0.394. The van der Waals surface area contributed by atoms with Crippen LogP contribution in [0.25, 0.3) is 11.0 Å². The monoisotopic (exact) mass is 246 g/mol. The van der Waals surface area contributed by atoms with Gasteiger partial charge in [-0.15, -0.1) is 11.3 Å². The van der Waals surface area contributed by atoms with Gasteiger partial charge in [-0.25, -0.2) is 9.78 Å². The largest absolute Gasteiger partial charge is 0.477 e. The van der Waals surface area contributed by atoms with Crippen LogP contribution in [0.5, 0.6) is 0 Å². The number of imidazole rings is 1. The first-order valence-electron chi connectivity index (χ1n) is 4.92. The summed E-state index contributed by atoms with van der Waals surface area (Å²) in [5.74, 6) is -0.847. The molecule has 0 bridgehead atoms. The molecule has 0 saturated carbocycles. The molecule has 3 rings (SSSR count). The summed E-state index contributed by atoms with van der Waals surface area (Å²) in [6.45, 7) is 0. The zero-order valence-corrected chi connectivity index (χ0v) is 9.65. The Hall–Kier alpha value is -2.14. The molecule has 0 unspecified atom stereocenters. The third kappa shape index (κ3) is 2.92. The van der Waals surface area contributed by atoms with E-state index in [9.17, 15) is 4.79 Å². The van der Waals surface area contributed by atoms with Crippen LogP contribution in [0.4, 0.5) is 0 Å². The molecule has 2 heterocycles. The molecule has 0 aliphatic rings. The summed E-state index contributed by atoms with van der Waals surface area (Å²) in [5.41, 5.74) is 2.12. The number of carboxylic acids is 1. The fourth-order valence-corrected chi connectivity index (χ4v) is 1.84. The van der Waals surface area contributed by atoms with E-state index in [1.54, 1.807) is 23.8 Å². The second-order valence-corrected chi connectivity index (χ2v) is 4.15. The lowest BCUT2D eigenvalue weighted by Gasteiger charge is -1.81. The molecular formula is C12H10N2O2S. The molecule has 0 radical (unpaired) electrons. The van der Waals surface area contributed by atoms with Crippen molar-refractivity contribution < 1.29 is 9.90 Å². The van der Waals surface area contributed by atoms with Crippen molar-refractivity contribution in [2.45, 2.75) is 0 Å². The van der Waals surface area contributed by atoms with Gasteiger partial charge in [0.05, 0.1) is 17.4 Å². The number of aromatic amines is 1. The molecule has 0 atom stereocenters. The van der Waals surface area contributed by atoms with Crippen LogP contribution in [-0.2, 0) is 0 Å². The highest BCUT2D eigenvalue weighted by Crippen LogP contribution is 2.06. The second-order valence-electron chi connectivity index (χ2n) is 3.20. The number of nitrogens with zero attached hydrogens (tertiary/aromatic N) is 1. The van der Waals surface area contributed by atoms with E-state index < -0.39 is 5.97 Å². The molecule has 86 valence electrons. The summed E-state index contributed by atoms with van der Waals surface area (Å²) in [6.07, 6.45) is 1.70. The van der Waals surface area contributed by atoms with Crippen LogP contribution in [0.3, 0.4) is 0 Å². The van der Waals surface area contributed by atoms with Gasteiger partial charge in [-0.3, -0.25) is 0 Å². The van der Waals surface area contributed by atoms with E-state index in [0.29, 0.717) is 4.88 Å². The van der Waals surface area contributed by atoms with Crippen molar-refractivity contribution in [2.24, 2.45) is 0 Å². The molecular weight excluding hydrogens is 236 g/mol. The number of nitrogens with one attached hydrogen (secondary N) is 1. The molecule has 0 aliphatic carbocycles. The maximum absolute atomic E-state index is 10.1. The van der Waals surface area contributed by atoms with Gasteiger partial charge in [0.25, 0.3) is 0 Å². The van der Waals surface area contributed by atoms with Gasteiger partial charge in [-0.2, -0.15) is 0 Å². The number of benzene rings is 1.